The quantitative estimate of drug-likeness (QED) is 0.362. The molecular weight excluding hydrogens is 228 g/mol. The highest BCUT2D eigenvalue weighted by molar-refractivity contribution is 8.13. The van der Waals surface area contributed by atoms with E-state index in [0.29, 0.717) is 22.6 Å². The Labute approximate surface area is 96.9 Å². The summed E-state index contributed by atoms with van der Waals surface area (Å²) in [6, 6.07) is 0. The molecule has 0 bridgehead atoms. The second-order valence-corrected chi connectivity index (χ2v) is 4.29. The van der Waals surface area contributed by atoms with Crippen molar-refractivity contribution in [2.75, 3.05) is 0 Å². The third kappa shape index (κ3) is 2.69. The van der Waals surface area contributed by atoms with Gasteiger partial charge in [-0.05, 0) is 13.8 Å². The molecule has 0 aliphatic rings. The Kier molecular flexibility index (Phi) is 3.83. The van der Waals surface area contributed by atoms with E-state index >= 15 is 0 Å². The highest BCUT2D eigenvalue weighted by Crippen LogP contribution is 2.26. The average Bonchev–Trinajstić information content (AvgIpc) is 2.15. The fourth-order valence-corrected chi connectivity index (χ4v) is 1.92. The van der Waals surface area contributed by atoms with E-state index < -0.39 is 4.92 Å². The van der Waals surface area contributed by atoms with Crippen molar-refractivity contribution in [2.45, 2.75) is 19.6 Å². The van der Waals surface area contributed by atoms with Crippen LogP contribution in [0.1, 0.15) is 16.8 Å². The van der Waals surface area contributed by atoms with Crippen LogP contribution in [0.5, 0.6) is 0 Å². The van der Waals surface area contributed by atoms with Gasteiger partial charge in [-0.3, -0.25) is 20.5 Å². The van der Waals surface area contributed by atoms with Crippen LogP contribution in [-0.4, -0.2) is 15.1 Å². The maximum absolute atomic E-state index is 10.8. The fourth-order valence-electron chi connectivity index (χ4n) is 1.34. The van der Waals surface area contributed by atoms with E-state index in [1.165, 1.54) is 6.20 Å². The summed E-state index contributed by atoms with van der Waals surface area (Å²) in [7, 11) is 0. The molecule has 3 N–H and O–H groups in total. The molecule has 0 unspecified atom stereocenters. The van der Waals surface area contributed by atoms with E-state index in [4.69, 9.17) is 11.1 Å². The number of amidine groups is 1. The molecule has 1 aromatic heterocycles. The van der Waals surface area contributed by atoms with Crippen molar-refractivity contribution in [1.82, 2.24) is 4.98 Å². The van der Waals surface area contributed by atoms with Gasteiger partial charge in [-0.15, -0.1) is 0 Å². The van der Waals surface area contributed by atoms with E-state index in [9.17, 15) is 10.1 Å². The Balaban J connectivity index is 3.08. The number of pyridine rings is 1. The number of hydrogen-bond acceptors (Lipinski definition) is 5. The molecule has 1 aromatic rings. The topological polar surface area (TPSA) is 106 Å². The predicted octanol–water partition coefficient (Wildman–Crippen LogP) is 1.73. The monoisotopic (exact) mass is 240 g/mol. The van der Waals surface area contributed by atoms with Crippen molar-refractivity contribution < 1.29 is 4.92 Å². The maximum atomic E-state index is 10.8. The molecule has 86 valence electrons. The van der Waals surface area contributed by atoms with Crippen molar-refractivity contribution in [3.63, 3.8) is 0 Å². The molecule has 0 aliphatic carbocycles. The molecule has 0 aliphatic heterocycles. The SMILES string of the molecule is Cc1cnc(CSC(=N)N)c(C)c1[N+](=O)[O-]. The minimum atomic E-state index is -0.408. The normalized spacial score (nSPS) is 10.1. The molecule has 16 heavy (non-hydrogen) atoms. The van der Waals surface area contributed by atoms with Gasteiger partial charge in [0.2, 0.25) is 0 Å². The van der Waals surface area contributed by atoms with Crippen molar-refractivity contribution in [3.05, 3.63) is 33.1 Å². The van der Waals surface area contributed by atoms with Crippen LogP contribution >= 0.6 is 11.8 Å². The lowest BCUT2D eigenvalue weighted by molar-refractivity contribution is -0.386. The number of thioether (sulfide) groups is 1. The maximum Gasteiger partial charge on any atom is 0.278 e. The van der Waals surface area contributed by atoms with Gasteiger partial charge in [0.05, 0.1) is 10.6 Å². The van der Waals surface area contributed by atoms with E-state index in [1.54, 1.807) is 13.8 Å². The summed E-state index contributed by atoms with van der Waals surface area (Å²) in [5, 5.41) is 17.9. The van der Waals surface area contributed by atoms with Gasteiger partial charge < -0.3 is 5.73 Å². The number of aromatic nitrogens is 1. The third-order valence-corrected chi connectivity index (χ3v) is 2.85. The van der Waals surface area contributed by atoms with Gasteiger partial charge in [-0.25, -0.2) is 0 Å². The Morgan fingerprint density at radius 1 is 1.69 bits per heavy atom. The summed E-state index contributed by atoms with van der Waals surface area (Å²) >= 11 is 1.10. The van der Waals surface area contributed by atoms with Gasteiger partial charge >= 0.3 is 0 Å². The second-order valence-electron chi connectivity index (χ2n) is 3.27. The number of nitrogens with two attached hydrogens (primary N) is 1. The number of nitrogens with zero attached hydrogens (tertiary/aromatic N) is 2. The average molecular weight is 240 g/mol. The Hall–Kier alpha value is -1.63. The van der Waals surface area contributed by atoms with Gasteiger partial charge in [0.1, 0.15) is 0 Å². The zero-order chi connectivity index (χ0) is 12.3. The molecule has 0 aromatic carbocycles. The van der Waals surface area contributed by atoms with Crippen molar-refractivity contribution in [2.24, 2.45) is 5.73 Å². The van der Waals surface area contributed by atoms with Crippen molar-refractivity contribution in [1.29, 1.82) is 5.41 Å². The van der Waals surface area contributed by atoms with E-state index in [1.807, 2.05) is 0 Å². The molecular formula is C9H12N4O2S. The second kappa shape index (κ2) is 4.93. The first-order valence-electron chi connectivity index (χ1n) is 4.49. The summed E-state index contributed by atoms with van der Waals surface area (Å²) in [4.78, 5) is 14.5. The number of aryl methyl sites for hydroxylation is 1. The molecule has 0 atom stereocenters. The number of nitro groups is 1. The minimum Gasteiger partial charge on any atom is -0.379 e. The molecule has 1 rings (SSSR count). The van der Waals surface area contributed by atoms with Crippen molar-refractivity contribution >= 4 is 22.6 Å². The molecule has 0 saturated heterocycles. The lowest BCUT2D eigenvalue weighted by Crippen LogP contribution is -2.06. The van der Waals surface area contributed by atoms with E-state index in [-0.39, 0.29) is 10.9 Å². The van der Waals surface area contributed by atoms with Gasteiger partial charge in [-0.2, -0.15) is 0 Å². The zero-order valence-corrected chi connectivity index (χ0v) is 9.80. The highest BCUT2D eigenvalue weighted by atomic mass is 32.2. The van der Waals surface area contributed by atoms with Crippen LogP contribution in [0.25, 0.3) is 0 Å². The van der Waals surface area contributed by atoms with Crippen LogP contribution in [-0.2, 0) is 5.75 Å². The molecule has 0 saturated carbocycles. The predicted molar refractivity (Wildman–Crippen MR) is 63.6 cm³/mol. The molecule has 1 heterocycles. The summed E-state index contributed by atoms with van der Waals surface area (Å²) in [5.74, 6) is 0.377. The first-order valence-corrected chi connectivity index (χ1v) is 5.48. The minimum absolute atomic E-state index is 0.0237. The lowest BCUT2D eigenvalue weighted by Gasteiger charge is -2.06. The van der Waals surface area contributed by atoms with Gasteiger partial charge in [0.25, 0.3) is 5.69 Å². The molecule has 0 spiro atoms. The lowest BCUT2D eigenvalue weighted by atomic mass is 10.1. The summed E-state index contributed by atoms with van der Waals surface area (Å²) in [6.07, 6.45) is 1.47. The molecule has 7 heteroatoms. The molecule has 0 fully saturated rings. The third-order valence-electron chi connectivity index (χ3n) is 2.12. The Morgan fingerprint density at radius 2 is 2.31 bits per heavy atom. The molecule has 6 nitrogen and oxygen atoms in total. The van der Waals surface area contributed by atoms with Crippen LogP contribution in [0.15, 0.2) is 6.20 Å². The molecule has 0 amide bonds. The van der Waals surface area contributed by atoms with Crippen LogP contribution in [0, 0.1) is 29.4 Å². The van der Waals surface area contributed by atoms with E-state index in [0.717, 1.165) is 11.8 Å². The summed E-state index contributed by atoms with van der Waals surface area (Å²) < 4.78 is 0. The largest absolute Gasteiger partial charge is 0.379 e. The highest BCUT2D eigenvalue weighted by Gasteiger charge is 2.18. The number of rotatable bonds is 3. The van der Waals surface area contributed by atoms with Crippen LogP contribution in [0.4, 0.5) is 5.69 Å². The van der Waals surface area contributed by atoms with Gasteiger partial charge in [-0.1, -0.05) is 11.8 Å². The first-order chi connectivity index (χ1) is 7.43. The summed E-state index contributed by atoms with van der Waals surface area (Å²) in [6.45, 7) is 3.31. The Morgan fingerprint density at radius 3 is 2.81 bits per heavy atom. The number of hydrogen-bond donors (Lipinski definition) is 2. The van der Waals surface area contributed by atoms with Crippen LogP contribution < -0.4 is 5.73 Å². The van der Waals surface area contributed by atoms with Gasteiger partial charge in [0, 0.05) is 23.1 Å². The first kappa shape index (κ1) is 12.4. The van der Waals surface area contributed by atoms with Gasteiger partial charge in [0.15, 0.2) is 5.17 Å². The number of nitrogens with one attached hydrogen (secondary N) is 1. The van der Waals surface area contributed by atoms with Crippen molar-refractivity contribution in [3.8, 4) is 0 Å². The zero-order valence-electron chi connectivity index (χ0n) is 8.98. The standard InChI is InChI=1S/C9H12N4O2S/c1-5-3-12-7(4-16-9(10)11)6(2)8(5)13(14)15/h3H,4H2,1-2H3,(H3,10,11). The van der Waals surface area contributed by atoms with Crippen LogP contribution in [0.3, 0.4) is 0 Å². The smallest absolute Gasteiger partial charge is 0.278 e. The fraction of sp³-hybridized carbons (Fsp3) is 0.333. The van der Waals surface area contributed by atoms with E-state index in [2.05, 4.69) is 4.98 Å². The van der Waals surface area contributed by atoms with Crippen LogP contribution in [0.2, 0.25) is 0 Å². The molecule has 0 radical (unpaired) electrons. The summed E-state index contributed by atoms with van der Waals surface area (Å²) in [5.41, 5.74) is 6.97. The Bertz CT molecular complexity index is 447.